The molecule has 0 unspecified atom stereocenters. The average Bonchev–Trinajstić information content (AvgIpc) is 3.88. The zero-order valence-corrected chi connectivity index (χ0v) is 34.1. The summed E-state index contributed by atoms with van der Waals surface area (Å²) in [6.45, 7) is 0. The normalized spacial score (nSPS) is 11.6. The summed E-state index contributed by atoms with van der Waals surface area (Å²) in [5.41, 5.74) is 14.2. The highest BCUT2D eigenvalue weighted by Gasteiger charge is 2.19. The molecule has 12 aromatic rings. The van der Waals surface area contributed by atoms with Gasteiger partial charge in [0.25, 0.3) is 0 Å². The van der Waals surface area contributed by atoms with E-state index in [0.717, 1.165) is 11.4 Å². The van der Waals surface area contributed by atoms with E-state index in [9.17, 15) is 0 Å². The van der Waals surface area contributed by atoms with Gasteiger partial charge in [0.1, 0.15) is 0 Å². The molecule has 0 saturated heterocycles. The molecule has 10 aromatic carbocycles. The largest absolute Gasteiger partial charge is 0.309 e. The Bertz CT molecular complexity index is 3580. The Morgan fingerprint density at radius 1 is 0.328 bits per heavy atom. The molecule has 0 amide bonds. The Kier molecular flexibility index (Phi) is 8.39. The zero-order valence-electron chi connectivity index (χ0n) is 33.2. The van der Waals surface area contributed by atoms with Crippen molar-refractivity contribution < 1.29 is 0 Å². The number of thiophene rings is 1. The molecule has 0 aliphatic rings. The summed E-state index contributed by atoms with van der Waals surface area (Å²) in [4.78, 5) is 2.42. The molecule has 0 fully saturated rings. The van der Waals surface area contributed by atoms with Gasteiger partial charge in [-0.2, -0.15) is 0 Å². The molecule has 0 N–H and O–H groups in total. The smallest absolute Gasteiger partial charge is 0.0640 e. The number of hydrogen-bond acceptors (Lipinski definition) is 2. The summed E-state index contributed by atoms with van der Waals surface area (Å²) in [6, 6.07) is 84.1. The number of para-hydroxylation sites is 2. The SMILES string of the molecule is c1ccc(-n2c3ccccc3c3cc(-c4ccc(N(c5ccc(-c6cccc(-c7ccc8ccccc8c7)c6)cc5)c5cccc6c5sc5ccccc56)cc4)ccc32)cc1. The Morgan fingerprint density at radius 3 is 1.67 bits per heavy atom. The average molecular weight is 795 g/mol. The molecule has 2 aromatic heterocycles. The molecule has 0 radical (unpaired) electrons. The van der Waals surface area contributed by atoms with Gasteiger partial charge in [0.15, 0.2) is 0 Å². The van der Waals surface area contributed by atoms with Gasteiger partial charge in [-0.05, 0) is 123 Å². The molecule has 0 aliphatic heterocycles. The number of nitrogens with zero attached hydrogens (tertiary/aromatic N) is 2. The summed E-state index contributed by atoms with van der Waals surface area (Å²) in [7, 11) is 0. The van der Waals surface area contributed by atoms with Crippen LogP contribution < -0.4 is 4.90 Å². The van der Waals surface area contributed by atoms with Crippen LogP contribution in [0.15, 0.2) is 231 Å². The molecule has 12 rings (SSSR count). The number of aromatic nitrogens is 1. The first-order valence-corrected chi connectivity index (χ1v) is 21.6. The third-order valence-corrected chi connectivity index (χ3v) is 13.4. The fraction of sp³-hybridized carbons (Fsp3) is 0. The van der Waals surface area contributed by atoms with Crippen molar-refractivity contribution in [1.29, 1.82) is 0 Å². The first kappa shape index (κ1) is 35.2. The number of benzene rings is 10. The van der Waals surface area contributed by atoms with Gasteiger partial charge in [-0.25, -0.2) is 0 Å². The van der Waals surface area contributed by atoms with Crippen molar-refractivity contribution >= 4 is 81.1 Å². The third kappa shape index (κ3) is 6.09. The molecule has 286 valence electrons. The second-order valence-electron chi connectivity index (χ2n) is 15.7. The van der Waals surface area contributed by atoms with E-state index in [0.29, 0.717) is 0 Å². The topological polar surface area (TPSA) is 8.17 Å². The summed E-state index contributed by atoms with van der Waals surface area (Å²) in [5, 5.41) is 7.60. The quantitative estimate of drug-likeness (QED) is 0.156. The van der Waals surface area contributed by atoms with E-state index >= 15 is 0 Å². The van der Waals surface area contributed by atoms with E-state index in [1.165, 1.54) is 97.5 Å². The zero-order chi connectivity index (χ0) is 40.3. The molecule has 0 atom stereocenters. The van der Waals surface area contributed by atoms with Crippen LogP contribution in [0.25, 0.3) is 91.8 Å². The van der Waals surface area contributed by atoms with Crippen molar-refractivity contribution in [1.82, 2.24) is 4.57 Å². The number of anilines is 3. The third-order valence-electron chi connectivity index (χ3n) is 12.2. The van der Waals surface area contributed by atoms with Gasteiger partial charge < -0.3 is 9.47 Å². The van der Waals surface area contributed by atoms with Crippen LogP contribution in [0.3, 0.4) is 0 Å². The van der Waals surface area contributed by atoms with Crippen LogP contribution >= 0.6 is 11.3 Å². The summed E-state index contributed by atoms with van der Waals surface area (Å²) in [5.74, 6) is 0. The number of rotatable bonds is 7. The lowest BCUT2D eigenvalue weighted by Crippen LogP contribution is -2.10. The van der Waals surface area contributed by atoms with E-state index in [1.54, 1.807) is 0 Å². The lowest BCUT2D eigenvalue weighted by atomic mass is 9.97. The van der Waals surface area contributed by atoms with Crippen LogP contribution in [0.5, 0.6) is 0 Å². The molecule has 61 heavy (non-hydrogen) atoms. The first-order valence-electron chi connectivity index (χ1n) is 20.8. The predicted molar refractivity (Wildman–Crippen MR) is 262 cm³/mol. The van der Waals surface area contributed by atoms with Crippen LogP contribution in [0.4, 0.5) is 17.1 Å². The second-order valence-corrected chi connectivity index (χ2v) is 16.8. The fourth-order valence-corrected chi connectivity index (χ4v) is 10.4. The first-order chi connectivity index (χ1) is 30.2. The van der Waals surface area contributed by atoms with E-state index in [2.05, 4.69) is 240 Å². The highest BCUT2D eigenvalue weighted by Crippen LogP contribution is 2.45. The summed E-state index contributed by atoms with van der Waals surface area (Å²) in [6.07, 6.45) is 0. The Balaban J connectivity index is 0.941. The van der Waals surface area contributed by atoms with Gasteiger partial charge in [0, 0.05) is 43.3 Å². The van der Waals surface area contributed by atoms with E-state index < -0.39 is 0 Å². The highest BCUT2D eigenvalue weighted by atomic mass is 32.1. The predicted octanol–water partition coefficient (Wildman–Crippen LogP) is 16.8. The van der Waals surface area contributed by atoms with Gasteiger partial charge in [-0.1, -0.05) is 152 Å². The molecule has 0 bridgehead atoms. The van der Waals surface area contributed by atoms with Crippen molar-refractivity contribution in [2.24, 2.45) is 0 Å². The molecule has 2 heterocycles. The Labute approximate surface area is 358 Å². The maximum Gasteiger partial charge on any atom is 0.0640 e. The van der Waals surface area contributed by atoms with Crippen molar-refractivity contribution in [3.8, 4) is 39.1 Å². The maximum absolute atomic E-state index is 2.42. The van der Waals surface area contributed by atoms with Crippen molar-refractivity contribution in [2.45, 2.75) is 0 Å². The van der Waals surface area contributed by atoms with Crippen LogP contribution in [0.1, 0.15) is 0 Å². The summed E-state index contributed by atoms with van der Waals surface area (Å²) < 4.78 is 4.95. The Morgan fingerprint density at radius 2 is 0.885 bits per heavy atom. The standard InChI is InChI=1S/C58H38N2S/c1-2-16-47(17-3-1)60-54-21-8-6-18-50(54)53-38-46(30-35-55(53)60)41-28-33-49(34-29-41)59(56-22-11-20-52-51-19-7-9-23-57(51)61-58(52)56)48-31-26-40(27-32-48)43-14-10-15-44(36-43)45-25-24-39-12-4-5-13-42(39)37-45/h1-38H. The van der Waals surface area contributed by atoms with E-state index in [1.807, 2.05) is 11.3 Å². The molecule has 0 aliphatic carbocycles. The van der Waals surface area contributed by atoms with Crippen LogP contribution in [-0.4, -0.2) is 4.57 Å². The maximum atomic E-state index is 2.42. The van der Waals surface area contributed by atoms with E-state index in [4.69, 9.17) is 0 Å². The monoisotopic (exact) mass is 794 g/mol. The number of fused-ring (bicyclic) bond motifs is 7. The second kappa shape index (κ2) is 14.5. The van der Waals surface area contributed by atoms with Crippen molar-refractivity contribution in [2.75, 3.05) is 4.90 Å². The lowest BCUT2D eigenvalue weighted by Gasteiger charge is -2.26. The molecular weight excluding hydrogens is 757 g/mol. The van der Waals surface area contributed by atoms with Gasteiger partial charge >= 0.3 is 0 Å². The van der Waals surface area contributed by atoms with Gasteiger partial charge in [0.05, 0.1) is 21.4 Å². The number of hydrogen-bond donors (Lipinski definition) is 0. The van der Waals surface area contributed by atoms with Crippen molar-refractivity contribution in [3.05, 3.63) is 231 Å². The molecule has 3 heteroatoms. The summed E-state index contributed by atoms with van der Waals surface area (Å²) >= 11 is 1.86. The van der Waals surface area contributed by atoms with Crippen LogP contribution in [-0.2, 0) is 0 Å². The van der Waals surface area contributed by atoms with Gasteiger partial charge in [-0.15, -0.1) is 11.3 Å². The molecule has 2 nitrogen and oxygen atoms in total. The molecular formula is C58H38N2S. The minimum Gasteiger partial charge on any atom is -0.309 e. The minimum atomic E-state index is 1.11. The molecule has 0 spiro atoms. The Hall–Kier alpha value is -7.72. The minimum absolute atomic E-state index is 1.11. The van der Waals surface area contributed by atoms with Crippen LogP contribution in [0, 0.1) is 0 Å². The molecule has 0 saturated carbocycles. The van der Waals surface area contributed by atoms with Crippen molar-refractivity contribution in [3.63, 3.8) is 0 Å². The highest BCUT2D eigenvalue weighted by molar-refractivity contribution is 7.26. The van der Waals surface area contributed by atoms with Gasteiger partial charge in [0.2, 0.25) is 0 Å². The lowest BCUT2D eigenvalue weighted by molar-refractivity contribution is 1.18. The van der Waals surface area contributed by atoms with Gasteiger partial charge in [-0.3, -0.25) is 0 Å². The van der Waals surface area contributed by atoms with Crippen LogP contribution in [0.2, 0.25) is 0 Å². The fourth-order valence-electron chi connectivity index (χ4n) is 9.20. The van der Waals surface area contributed by atoms with E-state index in [-0.39, 0.29) is 0 Å².